The van der Waals surface area contributed by atoms with Crippen molar-refractivity contribution in [1.29, 1.82) is 0 Å². The van der Waals surface area contributed by atoms with Crippen molar-refractivity contribution < 1.29 is 4.52 Å². The number of aromatic nitrogens is 2. The van der Waals surface area contributed by atoms with Crippen molar-refractivity contribution in [3.05, 3.63) is 11.7 Å². The third-order valence-corrected chi connectivity index (χ3v) is 4.05. The van der Waals surface area contributed by atoms with Crippen molar-refractivity contribution in [3.8, 4) is 0 Å². The number of likely N-dealkylation sites (N-methyl/N-ethyl adjacent to an activating group) is 1. The van der Waals surface area contributed by atoms with Crippen LogP contribution in [0.3, 0.4) is 0 Å². The lowest BCUT2D eigenvalue weighted by Crippen LogP contribution is -2.19. The molecule has 4 nitrogen and oxygen atoms in total. The van der Waals surface area contributed by atoms with Crippen LogP contribution in [0.5, 0.6) is 0 Å². The Hall–Kier alpha value is -0.900. The first-order chi connectivity index (χ1) is 9.31. The largest absolute Gasteiger partial charge is 0.339 e. The molecule has 0 aliphatic heterocycles. The van der Waals surface area contributed by atoms with Gasteiger partial charge in [0.15, 0.2) is 5.82 Å². The summed E-state index contributed by atoms with van der Waals surface area (Å²) >= 11 is 0. The molecule has 0 aromatic carbocycles. The summed E-state index contributed by atoms with van der Waals surface area (Å²) in [5, 5.41) is 7.55. The van der Waals surface area contributed by atoms with E-state index in [2.05, 4.69) is 29.3 Å². The third-order valence-electron chi connectivity index (χ3n) is 4.05. The summed E-state index contributed by atoms with van der Waals surface area (Å²) in [6.07, 6.45) is 9.17. The second kappa shape index (κ2) is 7.63. The van der Waals surface area contributed by atoms with Crippen LogP contribution in [-0.4, -0.2) is 23.2 Å². The van der Waals surface area contributed by atoms with Gasteiger partial charge < -0.3 is 9.84 Å². The van der Waals surface area contributed by atoms with E-state index in [0.29, 0.717) is 11.8 Å². The molecule has 1 unspecified atom stereocenters. The standard InChI is InChI=1S/C15H27N3O/c1-3-16-11-12(2)15-17-14(18-19-15)13-9-7-5-4-6-8-10-13/h12-13,16H,3-11H2,1-2H3. The zero-order valence-corrected chi connectivity index (χ0v) is 12.3. The van der Waals surface area contributed by atoms with Gasteiger partial charge in [0.2, 0.25) is 5.89 Å². The number of nitrogens with one attached hydrogen (secondary N) is 1. The van der Waals surface area contributed by atoms with Crippen molar-refractivity contribution in [2.24, 2.45) is 0 Å². The van der Waals surface area contributed by atoms with Gasteiger partial charge in [-0.3, -0.25) is 0 Å². The Bertz CT molecular complexity index is 356. The molecule has 19 heavy (non-hydrogen) atoms. The SMILES string of the molecule is CCNCC(C)c1nc(C2CCCCCCC2)no1. The zero-order valence-electron chi connectivity index (χ0n) is 12.3. The van der Waals surface area contributed by atoms with Crippen molar-refractivity contribution >= 4 is 0 Å². The monoisotopic (exact) mass is 265 g/mol. The Morgan fingerprint density at radius 1 is 1.21 bits per heavy atom. The summed E-state index contributed by atoms with van der Waals surface area (Å²) in [5.74, 6) is 2.55. The number of nitrogens with zero attached hydrogens (tertiary/aromatic N) is 2. The fraction of sp³-hybridized carbons (Fsp3) is 0.867. The van der Waals surface area contributed by atoms with Crippen molar-refractivity contribution in [1.82, 2.24) is 15.5 Å². The van der Waals surface area contributed by atoms with Crippen LogP contribution in [0.2, 0.25) is 0 Å². The van der Waals surface area contributed by atoms with Gasteiger partial charge in [0.05, 0.1) is 0 Å². The molecule has 1 aromatic rings. The van der Waals surface area contributed by atoms with E-state index in [4.69, 9.17) is 4.52 Å². The number of rotatable bonds is 5. The van der Waals surface area contributed by atoms with E-state index in [0.717, 1.165) is 24.8 Å². The minimum Gasteiger partial charge on any atom is -0.339 e. The van der Waals surface area contributed by atoms with Gasteiger partial charge in [-0.25, -0.2) is 0 Å². The van der Waals surface area contributed by atoms with Gasteiger partial charge in [0.1, 0.15) is 0 Å². The predicted octanol–water partition coefficient (Wildman–Crippen LogP) is 3.61. The zero-order chi connectivity index (χ0) is 13.5. The van der Waals surface area contributed by atoms with Gasteiger partial charge in [-0.15, -0.1) is 0 Å². The minimum atomic E-state index is 0.301. The average molecular weight is 265 g/mol. The molecule has 1 heterocycles. The van der Waals surface area contributed by atoms with Crippen LogP contribution in [-0.2, 0) is 0 Å². The van der Waals surface area contributed by atoms with Crippen molar-refractivity contribution in [2.45, 2.75) is 70.6 Å². The topological polar surface area (TPSA) is 51.0 Å². The molecule has 0 spiro atoms. The summed E-state index contributed by atoms with van der Waals surface area (Å²) in [6.45, 7) is 6.13. The molecule has 1 atom stereocenters. The fourth-order valence-corrected chi connectivity index (χ4v) is 2.78. The molecule has 1 N–H and O–H groups in total. The van der Waals surface area contributed by atoms with Crippen LogP contribution < -0.4 is 5.32 Å². The van der Waals surface area contributed by atoms with E-state index in [-0.39, 0.29) is 0 Å². The highest BCUT2D eigenvalue weighted by Gasteiger charge is 2.21. The summed E-state index contributed by atoms with van der Waals surface area (Å²) < 4.78 is 5.45. The molecule has 108 valence electrons. The van der Waals surface area contributed by atoms with Gasteiger partial charge in [-0.1, -0.05) is 51.1 Å². The quantitative estimate of drug-likeness (QED) is 0.883. The maximum Gasteiger partial charge on any atom is 0.230 e. The van der Waals surface area contributed by atoms with Crippen LogP contribution in [0.4, 0.5) is 0 Å². The average Bonchev–Trinajstić information content (AvgIpc) is 2.85. The first kappa shape index (κ1) is 14.5. The Morgan fingerprint density at radius 2 is 1.89 bits per heavy atom. The first-order valence-electron chi connectivity index (χ1n) is 7.85. The van der Waals surface area contributed by atoms with E-state index in [1.807, 2.05) is 0 Å². The third kappa shape index (κ3) is 4.30. The lowest BCUT2D eigenvalue weighted by molar-refractivity contribution is 0.344. The summed E-state index contributed by atoms with van der Waals surface area (Å²) in [4.78, 5) is 4.64. The van der Waals surface area contributed by atoms with E-state index < -0.39 is 0 Å². The van der Waals surface area contributed by atoms with Gasteiger partial charge >= 0.3 is 0 Å². The molecular formula is C15H27N3O. The number of hydrogen-bond donors (Lipinski definition) is 1. The van der Waals surface area contributed by atoms with Crippen LogP contribution in [0.25, 0.3) is 0 Å². The molecule has 0 saturated heterocycles. The van der Waals surface area contributed by atoms with E-state index in [9.17, 15) is 0 Å². The smallest absolute Gasteiger partial charge is 0.230 e. The Balaban J connectivity index is 1.94. The molecule has 1 aliphatic rings. The van der Waals surface area contributed by atoms with Crippen LogP contribution in [0, 0.1) is 0 Å². The Kier molecular flexibility index (Phi) is 5.83. The Labute approximate surface area is 116 Å². The molecular weight excluding hydrogens is 238 g/mol. The summed E-state index contributed by atoms with van der Waals surface area (Å²) in [6, 6.07) is 0. The maximum atomic E-state index is 5.45. The van der Waals surface area contributed by atoms with Crippen molar-refractivity contribution in [3.63, 3.8) is 0 Å². The molecule has 1 aliphatic carbocycles. The highest BCUT2D eigenvalue weighted by atomic mass is 16.5. The van der Waals surface area contributed by atoms with Gasteiger partial charge in [0, 0.05) is 18.4 Å². The second-order valence-corrected chi connectivity index (χ2v) is 5.74. The van der Waals surface area contributed by atoms with E-state index in [1.54, 1.807) is 0 Å². The van der Waals surface area contributed by atoms with Crippen LogP contribution in [0.15, 0.2) is 4.52 Å². The molecule has 2 rings (SSSR count). The lowest BCUT2D eigenvalue weighted by atomic mass is 9.91. The molecule has 1 saturated carbocycles. The van der Waals surface area contributed by atoms with E-state index >= 15 is 0 Å². The van der Waals surface area contributed by atoms with Gasteiger partial charge in [-0.05, 0) is 19.4 Å². The molecule has 0 amide bonds. The van der Waals surface area contributed by atoms with E-state index in [1.165, 1.54) is 44.9 Å². The molecule has 4 heteroatoms. The fourth-order valence-electron chi connectivity index (χ4n) is 2.78. The van der Waals surface area contributed by atoms with Gasteiger partial charge in [0.25, 0.3) is 0 Å². The predicted molar refractivity (Wildman–Crippen MR) is 76.3 cm³/mol. The van der Waals surface area contributed by atoms with Crippen molar-refractivity contribution in [2.75, 3.05) is 13.1 Å². The second-order valence-electron chi connectivity index (χ2n) is 5.74. The molecule has 1 fully saturated rings. The lowest BCUT2D eigenvalue weighted by Gasteiger charge is -2.15. The Morgan fingerprint density at radius 3 is 2.58 bits per heavy atom. The summed E-state index contributed by atoms with van der Waals surface area (Å²) in [7, 11) is 0. The first-order valence-corrected chi connectivity index (χ1v) is 7.85. The normalized spacial score (nSPS) is 19.9. The van der Waals surface area contributed by atoms with Gasteiger partial charge in [-0.2, -0.15) is 4.98 Å². The van der Waals surface area contributed by atoms with Crippen LogP contribution in [0.1, 0.15) is 82.3 Å². The molecule has 1 aromatic heterocycles. The molecule has 0 bridgehead atoms. The minimum absolute atomic E-state index is 0.301. The summed E-state index contributed by atoms with van der Waals surface area (Å²) in [5.41, 5.74) is 0. The highest BCUT2D eigenvalue weighted by Crippen LogP contribution is 2.29. The van der Waals surface area contributed by atoms with Crippen LogP contribution >= 0.6 is 0 Å². The number of hydrogen-bond acceptors (Lipinski definition) is 4. The highest BCUT2D eigenvalue weighted by molar-refractivity contribution is 4.99. The molecule has 0 radical (unpaired) electrons. The maximum absolute atomic E-state index is 5.45.